The number of hydrogen-bond acceptors (Lipinski definition) is 5. The Morgan fingerprint density at radius 2 is 2.10 bits per heavy atom. The lowest BCUT2D eigenvalue weighted by Gasteiger charge is -2.33. The summed E-state index contributed by atoms with van der Waals surface area (Å²) in [7, 11) is 0. The monoisotopic (exact) mass is 420 g/mol. The molecule has 0 radical (unpaired) electrons. The van der Waals surface area contributed by atoms with E-state index in [1.165, 1.54) is 24.5 Å². The first kappa shape index (κ1) is 18.4. The molecule has 0 spiro atoms. The fourth-order valence-electron chi connectivity index (χ4n) is 3.69. The number of nitrogens with zero attached hydrogens (tertiary/aromatic N) is 3. The molecular formula is C19H12F4N4O3. The Morgan fingerprint density at radius 3 is 2.87 bits per heavy atom. The Kier molecular flexibility index (Phi) is 3.95. The molecule has 1 amide bonds. The standard InChI is InChI=1S/C19H12F4N4O3/c20-10-2-1-3-12-9(10)6-13(30-12)15-14-11(24-7-25-14)4-5-27(15)18(28)16-17(19(21,22)23)26-8-29-16/h1-3,6-8,15H,4-5H2,(H,24,25)/t15-/m0/s1. The van der Waals surface area contributed by atoms with E-state index < -0.39 is 35.4 Å². The van der Waals surface area contributed by atoms with Crippen LogP contribution in [-0.2, 0) is 12.6 Å². The molecule has 0 bridgehead atoms. The Balaban J connectivity index is 1.63. The highest BCUT2D eigenvalue weighted by atomic mass is 19.4. The van der Waals surface area contributed by atoms with Crippen molar-refractivity contribution in [2.24, 2.45) is 0 Å². The van der Waals surface area contributed by atoms with Crippen LogP contribution in [0.15, 0.2) is 45.8 Å². The minimum atomic E-state index is -4.86. The molecule has 154 valence electrons. The first-order valence-electron chi connectivity index (χ1n) is 8.86. The van der Waals surface area contributed by atoms with Crippen molar-refractivity contribution in [2.75, 3.05) is 6.54 Å². The molecule has 4 heterocycles. The number of alkyl halides is 3. The number of rotatable bonds is 2. The third kappa shape index (κ3) is 2.77. The number of aromatic amines is 1. The molecule has 1 N–H and O–H groups in total. The van der Waals surface area contributed by atoms with Crippen LogP contribution >= 0.6 is 0 Å². The van der Waals surface area contributed by atoms with E-state index in [4.69, 9.17) is 8.83 Å². The topological polar surface area (TPSA) is 88.2 Å². The number of fused-ring (bicyclic) bond motifs is 2. The van der Waals surface area contributed by atoms with Gasteiger partial charge in [0.15, 0.2) is 12.1 Å². The van der Waals surface area contributed by atoms with Gasteiger partial charge in [-0.25, -0.2) is 14.4 Å². The van der Waals surface area contributed by atoms with Gasteiger partial charge in [-0.05, 0) is 18.2 Å². The fourth-order valence-corrected chi connectivity index (χ4v) is 3.69. The van der Waals surface area contributed by atoms with E-state index in [9.17, 15) is 22.4 Å². The zero-order valence-electron chi connectivity index (χ0n) is 15.0. The van der Waals surface area contributed by atoms with E-state index in [0.717, 1.165) is 4.90 Å². The van der Waals surface area contributed by atoms with Crippen LogP contribution in [0, 0.1) is 5.82 Å². The SMILES string of the molecule is O=C(c1ocnc1C(F)(F)F)N1CCc2[nH]cnc2[C@@H]1c1cc2c(F)cccc2o1. The van der Waals surface area contributed by atoms with E-state index in [1.807, 2.05) is 0 Å². The van der Waals surface area contributed by atoms with Gasteiger partial charge in [-0.3, -0.25) is 4.79 Å². The molecule has 7 nitrogen and oxygen atoms in total. The summed E-state index contributed by atoms with van der Waals surface area (Å²) in [6.45, 7) is 0.0657. The van der Waals surface area contributed by atoms with Crippen molar-refractivity contribution in [3.8, 4) is 0 Å². The lowest BCUT2D eigenvalue weighted by atomic mass is 9.99. The third-order valence-electron chi connectivity index (χ3n) is 5.01. The summed E-state index contributed by atoms with van der Waals surface area (Å²) < 4.78 is 64.4. The second kappa shape index (κ2) is 6.44. The molecule has 0 unspecified atom stereocenters. The van der Waals surface area contributed by atoms with Gasteiger partial charge >= 0.3 is 6.18 Å². The molecule has 5 rings (SSSR count). The largest absolute Gasteiger partial charge is 0.458 e. The molecule has 1 aliphatic heterocycles. The average molecular weight is 420 g/mol. The number of oxazole rings is 1. The van der Waals surface area contributed by atoms with Gasteiger partial charge in [-0.2, -0.15) is 13.2 Å². The molecule has 11 heteroatoms. The van der Waals surface area contributed by atoms with Gasteiger partial charge < -0.3 is 18.7 Å². The molecule has 1 aliphatic rings. The predicted molar refractivity (Wildman–Crippen MR) is 92.8 cm³/mol. The van der Waals surface area contributed by atoms with Crippen LogP contribution in [0.5, 0.6) is 0 Å². The second-order valence-corrected chi connectivity index (χ2v) is 6.75. The Bertz CT molecular complexity index is 1260. The number of halogens is 4. The van der Waals surface area contributed by atoms with E-state index in [0.29, 0.717) is 24.2 Å². The van der Waals surface area contributed by atoms with Gasteiger partial charge in [-0.15, -0.1) is 0 Å². The smallest absolute Gasteiger partial charge is 0.437 e. The highest BCUT2D eigenvalue weighted by molar-refractivity contribution is 5.93. The minimum Gasteiger partial charge on any atom is -0.458 e. The summed E-state index contributed by atoms with van der Waals surface area (Å²) in [5.41, 5.74) is -0.0499. The molecule has 0 fully saturated rings. The van der Waals surface area contributed by atoms with Crippen LogP contribution in [0.4, 0.5) is 17.6 Å². The molecule has 0 saturated heterocycles. The summed E-state index contributed by atoms with van der Waals surface area (Å²) in [4.78, 5) is 24.5. The molecule has 0 aliphatic carbocycles. The van der Waals surface area contributed by atoms with Crippen molar-refractivity contribution >= 4 is 16.9 Å². The first-order valence-corrected chi connectivity index (χ1v) is 8.86. The zero-order chi connectivity index (χ0) is 21.0. The van der Waals surface area contributed by atoms with Crippen molar-refractivity contribution in [1.82, 2.24) is 19.9 Å². The molecule has 3 aromatic heterocycles. The predicted octanol–water partition coefficient (Wildman–Crippen LogP) is 4.09. The lowest BCUT2D eigenvalue weighted by Crippen LogP contribution is -2.41. The maximum Gasteiger partial charge on any atom is 0.437 e. The summed E-state index contributed by atoms with van der Waals surface area (Å²) in [6.07, 6.45) is -2.53. The molecular weight excluding hydrogens is 408 g/mol. The van der Waals surface area contributed by atoms with Crippen molar-refractivity contribution in [1.29, 1.82) is 0 Å². The first-order chi connectivity index (χ1) is 14.3. The molecule has 0 saturated carbocycles. The van der Waals surface area contributed by atoms with Gasteiger partial charge in [0.05, 0.1) is 17.4 Å². The number of carbonyl (C=O) groups is 1. The highest BCUT2D eigenvalue weighted by Crippen LogP contribution is 2.39. The number of benzene rings is 1. The second-order valence-electron chi connectivity index (χ2n) is 6.75. The van der Waals surface area contributed by atoms with Crippen LogP contribution in [0.1, 0.15) is 39.4 Å². The van der Waals surface area contributed by atoms with Crippen molar-refractivity contribution < 1.29 is 31.2 Å². The van der Waals surface area contributed by atoms with Crippen LogP contribution in [0.3, 0.4) is 0 Å². The number of hydrogen-bond donors (Lipinski definition) is 1. The summed E-state index contributed by atoms with van der Waals surface area (Å²) >= 11 is 0. The van der Waals surface area contributed by atoms with E-state index >= 15 is 0 Å². The highest BCUT2D eigenvalue weighted by Gasteiger charge is 2.44. The van der Waals surface area contributed by atoms with Gasteiger partial charge in [0.25, 0.3) is 5.91 Å². The lowest BCUT2D eigenvalue weighted by molar-refractivity contribution is -0.141. The Hall–Kier alpha value is -3.63. The Morgan fingerprint density at radius 1 is 1.27 bits per heavy atom. The summed E-state index contributed by atoms with van der Waals surface area (Å²) in [5, 5.41) is 0.193. The van der Waals surface area contributed by atoms with Crippen LogP contribution in [0.2, 0.25) is 0 Å². The van der Waals surface area contributed by atoms with E-state index in [2.05, 4.69) is 15.0 Å². The molecule has 4 aromatic rings. The van der Waals surface area contributed by atoms with Gasteiger partial charge in [0.2, 0.25) is 5.76 Å². The van der Waals surface area contributed by atoms with Gasteiger partial charge in [0, 0.05) is 18.7 Å². The van der Waals surface area contributed by atoms with Crippen LogP contribution < -0.4 is 0 Å². The number of nitrogens with one attached hydrogen (secondary N) is 1. The number of amides is 1. The zero-order valence-corrected chi connectivity index (χ0v) is 15.0. The Labute approximate surface area is 165 Å². The fraction of sp³-hybridized carbons (Fsp3) is 0.211. The number of imidazole rings is 1. The van der Waals surface area contributed by atoms with Crippen molar-refractivity contribution in [3.63, 3.8) is 0 Å². The van der Waals surface area contributed by atoms with Crippen LogP contribution in [-0.4, -0.2) is 32.3 Å². The number of carbonyl (C=O) groups excluding carboxylic acids is 1. The number of aromatic nitrogens is 3. The van der Waals surface area contributed by atoms with Crippen LogP contribution in [0.25, 0.3) is 11.0 Å². The minimum absolute atomic E-state index is 0.0657. The van der Waals surface area contributed by atoms with E-state index in [-0.39, 0.29) is 23.3 Å². The maximum absolute atomic E-state index is 14.2. The summed E-state index contributed by atoms with van der Waals surface area (Å²) in [6, 6.07) is 4.74. The van der Waals surface area contributed by atoms with Crippen molar-refractivity contribution in [2.45, 2.75) is 18.6 Å². The number of furan rings is 1. The van der Waals surface area contributed by atoms with Crippen molar-refractivity contribution in [3.05, 3.63) is 71.4 Å². The van der Waals surface area contributed by atoms with E-state index in [1.54, 1.807) is 6.07 Å². The quantitative estimate of drug-likeness (QED) is 0.494. The van der Waals surface area contributed by atoms with Gasteiger partial charge in [-0.1, -0.05) is 6.07 Å². The molecule has 30 heavy (non-hydrogen) atoms. The molecule has 1 atom stereocenters. The third-order valence-corrected chi connectivity index (χ3v) is 5.01. The average Bonchev–Trinajstić information content (AvgIpc) is 3.44. The van der Waals surface area contributed by atoms with Gasteiger partial charge in [0.1, 0.15) is 23.2 Å². The number of H-pyrrole nitrogens is 1. The molecule has 1 aromatic carbocycles. The summed E-state index contributed by atoms with van der Waals surface area (Å²) in [5.74, 6) is -2.29. The maximum atomic E-state index is 14.2. The normalized spacial score (nSPS) is 16.8.